The van der Waals surface area contributed by atoms with Crippen LogP contribution < -0.4 is 0 Å². The SMILES string of the molecule is CC1CCCN1C(=O)c1ccc(CC#N)cc1. The van der Waals surface area contributed by atoms with Crippen molar-refractivity contribution < 1.29 is 4.79 Å². The van der Waals surface area contributed by atoms with E-state index in [9.17, 15) is 4.79 Å². The van der Waals surface area contributed by atoms with Crippen LogP contribution in [-0.4, -0.2) is 23.4 Å². The Balaban J connectivity index is 2.12. The molecule has 1 amide bonds. The van der Waals surface area contributed by atoms with E-state index in [4.69, 9.17) is 5.26 Å². The van der Waals surface area contributed by atoms with Gasteiger partial charge in [-0.1, -0.05) is 12.1 Å². The average molecular weight is 228 g/mol. The molecule has 1 saturated heterocycles. The number of hydrogen-bond acceptors (Lipinski definition) is 2. The van der Waals surface area contributed by atoms with E-state index < -0.39 is 0 Å². The zero-order valence-corrected chi connectivity index (χ0v) is 10.0. The largest absolute Gasteiger partial charge is 0.336 e. The summed E-state index contributed by atoms with van der Waals surface area (Å²) in [6.45, 7) is 2.95. The van der Waals surface area contributed by atoms with Crippen molar-refractivity contribution in [2.24, 2.45) is 0 Å². The van der Waals surface area contributed by atoms with Crippen molar-refractivity contribution in [3.63, 3.8) is 0 Å². The molecular weight excluding hydrogens is 212 g/mol. The molecule has 3 nitrogen and oxygen atoms in total. The van der Waals surface area contributed by atoms with Gasteiger partial charge in [-0.15, -0.1) is 0 Å². The van der Waals surface area contributed by atoms with Crippen molar-refractivity contribution >= 4 is 5.91 Å². The highest BCUT2D eigenvalue weighted by atomic mass is 16.2. The summed E-state index contributed by atoms with van der Waals surface area (Å²) in [7, 11) is 0. The molecule has 0 spiro atoms. The van der Waals surface area contributed by atoms with Crippen molar-refractivity contribution in [2.75, 3.05) is 6.54 Å². The highest BCUT2D eigenvalue weighted by molar-refractivity contribution is 5.94. The maximum absolute atomic E-state index is 12.2. The molecule has 0 N–H and O–H groups in total. The second-order valence-corrected chi connectivity index (χ2v) is 4.52. The molecule has 1 aliphatic heterocycles. The molecule has 88 valence electrons. The van der Waals surface area contributed by atoms with Gasteiger partial charge in [0.25, 0.3) is 5.91 Å². The molecule has 0 saturated carbocycles. The van der Waals surface area contributed by atoms with Crippen LogP contribution >= 0.6 is 0 Å². The summed E-state index contributed by atoms with van der Waals surface area (Å²) in [6, 6.07) is 9.80. The maximum Gasteiger partial charge on any atom is 0.254 e. The Morgan fingerprint density at radius 2 is 2.18 bits per heavy atom. The maximum atomic E-state index is 12.2. The second kappa shape index (κ2) is 5.01. The second-order valence-electron chi connectivity index (χ2n) is 4.52. The molecule has 3 heteroatoms. The fourth-order valence-corrected chi connectivity index (χ4v) is 2.26. The zero-order chi connectivity index (χ0) is 12.3. The molecule has 1 fully saturated rings. The Morgan fingerprint density at radius 1 is 1.47 bits per heavy atom. The van der Waals surface area contributed by atoms with Crippen LogP contribution in [0.25, 0.3) is 0 Å². The topological polar surface area (TPSA) is 44.1 Å². The molecule has 0 radical (unpaired) electrons. The minimum atomic E-state index is 0.110. The van der Waals surface area contributed by atoms with Gasteiger partial charge in [0, 0.05) is 18.2 Å². The van der Waals surface area contributed by atoms with E-state index in [1.54, 1.807) is 0 Å². The third-order valence-electron chi connectivity index (χ3n) is 3.30. The van der Waals surface area contributed by atoms with Crippen molar-refractivity contribution in [1.82, 2.24) is 4.90 Å². The number of amides is 1. The minimum absolute atomic E-state index is 0.110. The van der Waals surface area contributed by atoms with Crippen LogP contribution in [0.4, 0.5) is 0 Å². The first kappa shape index (κ1) is 11.7. The van der Waals surface area contributed by atoms with Crippen LogP contribution in [0, 0.1) is 11.3 Å². The summed E-state index contributed by atoms with van der Waals surface area (Å²) in [5.41, 5.74) is 1.68. The average Bonchev–Trinajstić information content (AvgIpc) is 2.76. The first-order valence-electron chi connectivity index (χ1n) is 5.99. The minimum Gasteiger partial charge on any atom is -0.336 e. The Hall–Kier alpha value is -1.82. The fraction of sp³-hybridized carbons (Fsp3) is 0.429. The van der Waals surface area contributed by atoms with Crippen molar-refractivity contribution in [1.29, 1.82) is 5.26 Å². The van der Waals surface area contributed by atoms with E-state index in [1.165, 1.54) is 0 Å². The van der Waals surface area contributed by atoms with Gasteiger partial charge < -0.3 is 4.90 Å². The van der Waals surface area contributed by atoms with Crippen LogP contribution in [0.1, 0.15) is 35.7 Å². The molecule has 1 aromatic rings. The van der Waals surface area contributed by atoms with E-state index in [2.05, 4.69) is 13.0 Å². The van der Waals surface area contributed by atoms with Gasteiger partial charge in [0.15, 0.2) is 0 Å². The summed E-state index contributed by atoms with van der Waals surface area (Å²) in [5, 5.41) is 8.58. The summed E-state index contributed by atoms with van der Waals surface area (Å²) in [6.07, 6.45) is 2.59. The normalized spacial score (nSPS) is 19.1. The van der Waals surface area contributed by atoms with E-state index in [-0.39, 0.29) is 5.91 Å². The van der Waals surface area contributed by atoms with E-state index in [0.717, 1.165) is 30.5 Å². The van der Waals surface area contributed by atoms with Crippen LogP contribution in [-0.2, 0) is 6.42 Å². The lowest BCUT2D eigenvalue weighted by atomic mass is 10.1. The van der Waals surface area contributed by atoms with Gasteiger partial charge in [0.05, 0.1) is 12.5 Å². The predicted molar refractivity (Wildman–Crippen MR) is 65.5 cm³/mol. The first-order valence-corrected chi connectivity index (χ1v) is 5.99. The number of carbonyl (C=O) groups excluding carboxylic acids is 1. The quantitative estimate of drug-likeness (QED) is 0.780. The molecule has 1 unspecified atom stereocenters. The molecule has 17 heavy (non-hydrogen) atoms. The predicted octanol–water partition coefficient (Wildman–Crippen LogP) is 2.38. The molecule has 1 aliphatic rings. The molecule has 0 aliphatic carbocycles. The van der Waals surface area contributed by atoms with Crippen molar-refractivity contribution in [2.45, 2.75) is 32.2 Å². The van der Waals surface area contributed by atoms with E-state index in [0.29, 0.717) is 12.5 Å². The molecule has 1 atom stereocenters. The molecule has 0 aromatic heterocycles. The lowest BCUT2D eigenvalue weighted by Crippen LogP contribution is -2.33. The Labute approximate surface area is 102 Å². The number of likely N-dealkylation sites (tertiary alicyclic amines) is 1. The van der Waals surface area contributed by atoms with Gasteiger partial charge in [0.2, 0.25) is 0 Å². The number of nitrogens with zero attached hydrogens (tertiary/aromatic N) is 2. The standard InChI is InChI=1S/C14H16N2O/c1-11-3-2-10-16(11)14(17)13-6-4-12(5-7-13)8-9-15/h4-7,11H,2-3,8,10H2,1H3. The third kappa shape index (κ3) is 2.47. The van der Waals surface area contributed by atoms with Crippen molar-refractivity contribution in [3.05, 3.63) is 35.4 Å². The van der Waals surface area contributed by atoms with Crippen LogP contribution in [0.3, 0.4) is 0 Å². The van der Waals surface area contributed by atoms with Crippen molar-refractivity contribution in [3.8, 4) is 6.07 Å². The molecule has 0 bridgehead atoms. The Morgan fingerprint density at radius 3 is 2.71 bits per heavy atom. The van der Waals surface area contributed by atoms with Gasteiger partial charge in [-0.05, 0) is 37.5 Å². The highest BCUT2D eigenvalue weighted by Gasteiger charge is 2.25. The zero-order valence-electron chi connectivity index (χ0n) is 10.0. The molecule has 2 rings (SSSR count). The summed E-state index contributed by atoms with van der Waals surface area (Å²) < 4.78 is 0. The number of hydrogen-bond donors (Lipinski definition) is 0. The molecule has 1 heterocycles. The smallest absolute Gasteiger partial charge is 0.254 e. The third-order valence-corrected chi connectivity index (χ3v) is 3.30. The fourth-order valence-electron chi connectivity index (χ4n) is 2.26. The van der Waals surface area contributed by atoms with Gasteiger partial charge in [-0.25, -0.2) is 0 Å². The molecular formula is C14H16N2O. The van der Waals surface area contributed by atoms with Gasteiger partial charge in [-0.2, -0.15) is 5.26 Å². The van der Waals surface area contributed by atoms with E-state index in [1.807, 2.05) is 29.2 Å². The van der Waals surface area contributed by atoms with Gasteiger partial charge in [0.1, 0.15) is 0 Å². The number of rotatable bonds is 2. The highest BCUT2D eigenvalue weighted by Crippen LogP contribution is 2.19. The van der Waals surface area contributed by atoms with Crippen LogP contribution in [0.15, 0.2) is 24.3 Å². The monoisotopic (exact) mass is 228 g/mol. The summed E-state index contributed by atoms with van der Waals surface area (Å²) in [4.78, 5) is 14.1. The lowest BCUT2D eigenvalue weighted by molar-refractivity contribution is 0.0747. The first-order chi connectivity index (χ1) is 8.22. The Kier molecular flexibility index (Phi) is 3.43. The summed E-state index contributed by atoms with van der Waals surface area (Å²) in [5.74, 6) is 0.110. The van der Waals surface area contributed by atoms with Crippen LogP contribution in [0.5, 0.6) is 0 Å². The van der Waals surface area contributed by atoms with E-state index >= 15 is 0 Å². The molecule has 1 aromatic carbocycles. The van der Waals surface area contributed by atoms with Gasteiger partial charge >= 0.3 is 0 Å². The van der Waals surface area contributed by atoms with Crippen LogP contribution in [0.2, 0.25) is 0 Å². The number of carbonyl (C=O) groups is 1. The number of benzene rings is 1. The lowest BCUT2D eigenvalue weighted by Gasteiger charge is -2.21. The Bertz CT molecular complexity index is 444. The summed E-state index contributed by atoms with van der Waals surface area (Å²) >= 11 is 0. The number of nitriles is 1. The van der Waals surface area contributed by atoms with Gasteiger partial charge in [-0.3, -0.25) is 4.79 Å².